The Labute approximate surface area is 164 Å². The van der Waals surface area contributed by atoms with Crippen LogP contribution in [0.5, 0.6) is 0 Å². The lowest BCUT2D eigenvalue weighted by Gasteiger charge is -2.51. The van der Waals surface area contributed by atoms with Crippen LogP contribution in [0.15, 0.2) is 48.5 Å². The topological polar surface area (TPSA) is 86.5 Å². The Morgan fingerprint density at radius 2 is 1.89 bits per heavy atom. The van der Waals surface area contributed by atoms with Gasteiger partial charge in [0, 0.05) is 24.9 Å². The van der Waals surface area contributed by atoms with Gasteiger partial charge in [0.1, 0.15) is 24.0 Å². The van der Waals surface area contributed by atoms with Crippen molar-refractivity contribution in [3.05, 3.63) is 65.5 Å². The van der Waals surface area contributed by atoms with Gasteiger partial charge in [0.05, 0.1) is 5.69 Å². The van der Waals surface area contributed by atoms with Crippen molar-refractivity contribution in [2.24, 2.45) is 0 Å². The number of carbonyl (C=O) groups is 1. The van der Waals surface area contributed by atoms with E-state index < -0.39 is 5.60 Å². The van der Waals surface area contributed by atoms with Crippen LogP contribution in [0, 0.1) is 11.3 Å². The molecule has 1 amide bonds. The first kappa shape index (κ1) is 18.5. The highest BCUT2D eigenvalue weighted by molar-refractivity contribution is 5.69. The standard InChI is InChI=1S/C22H23N3O3/c23-14-17-8-4-11-20(24-17)22(27)12-18-9-5-10-19(13-22)25(18)21(26)28-15-16-6-2-1-3-7-16/h1-4,6-8,11,18-19,27H,5,9-10,12-13,15H2. The van der Waals surface area contributed by atoms with Gasteiger partial charge in [-0.15, -0.1) is 0 Å². The fourth-order valence-corrected chi connectivity index (χ4v) is 4.49. The summed E-state index contributed by atoms with van der Waals surface area (Å²) in [5, 5.41) is 20.4. The van der Waals surface area contributed by atoms with Crippen LogP contribution in [0.1, 0.15) is 49.1 Å². The number of ether oxygens (including phenoxy) is 1. The van der Waals surface area contributed by atoms with Crippen LogP contribution in [-0.2, 0) is 16.9 Å². The molecule has 2 fully saturated rings. The first-order valence-corrected chi connectivity index (χ1v) is 9.68. The van der Waals surface area contributed by atoms with Crippen molar-refractivity contribution in [2.75, 3.05) is 0 Å². The monoisotopic (exact) mass is 377 g/mol. The van der Waals surface area contributed by atoms with Gasteiger partial charge in [0.15, 0.2) is 0 Å². The van der Waals surface area contributed by atoms with Crippen molar-refractivity contribution in [3.8, 4) is 6.07 Å². The minimum Gasteiger partial charge on any atom is -0.445 e. The number of rotatable bonds is 3. The zero-order valence-corrected chi connectivity index (χ0v) is 15.6. The normalized spacial score (nSPS) is 26.4. The summed E-state index contributed by atoms with van der Waals surface area (Å²) in [5.41, 5.74) is 0.632. The maximum Gasteiger partial charge on any atom is 0.410 e. The molecular formula is C22H23N3O3. The van der Waals surface area contributed by atoms with Crippen LogP contribution in [0.25, 0.3) is 0 Å². The number of aromatic nitrogens is 1. The molecular weight excluding hydrogens is 354 g/mol. The number of carbonyl (C=O) groups excluding carboxylic acids is 1. The minimum absolute atomic E-state index is 0.0895. The first-order chi connectivity index (χ1) is 13.6. The van der Waals surface area contributed by atoms with Crippen LogP contribution in [0.3, 0.4) is 0 Å². The summed E-state index contributed by atoms with van der Waals surface area (Å²) in [6.45, 7) is 0.242. The van der Waals surface area contributed by atoms with Gasteiger partial charge in [-0.2, -0.15) is 5.26 Å². The number of nitrogens with zero attached hydrogens (tertiary/aromatic N) is 3. The average molecular weight is 377 g/mol. The molecule has 6 nitrogen and oxygen atoms in total. The smallest absolute Gasteiger partial charge is 0.410 e. The highest BCUT2D eigenvalue weighted by atomic mass is 16.6. The molecule has 2 atom stereocenters. The summed E-state index contributed by atoms with van der Waals surface area (Å²) in [5.74, 6) is 0. The molecule has 0 saturated carbocycles. The Morgan fingerprint density at radius 3 is 2.57 bits per heavy atom. The largest absolute Gasteiger partial charge is 0.445 e. The van der Waals surface area contributed by atoms with Gasteiger partial charge < -0.3 is 14.7 Å². The van der Waals surface area contributed by atoms with Gasteiger partial charge in [-0.05, 0) is 37.0 Å². The van der Waals surface area contributed by atoms with Crippen molar-refractivity contribution in [2.45, 2.75) is 56.4 Å². The number of amides is 1. The van der Waals surface area contributed by atoms with Crippen LogP contribution in [0.4, 0.5) is 4.79 Å². The molecule has 28 heavy (non-hydrogen) atoms. The molecule has 1 aromatic heterocycles. The Hall–Kier alpha value is -2.91. The van der Waals surface area contributed by atoms with Crippen LogP contribution < -0.4 is 0 Å². The number of aliphatic hydroxyl groups is 1. The molecule has 2 aliphatic heterocycles. The molecule has 0 radical (unpaired) electrons. The Kier molecular flexibility index (Phi) is 5.01. The van der Waals surface area contributed by atoms with Crippen molar-refractivity contribution < 1.29 is 14.6 Å². The molecule has 2 aromatic rings. The highest BCUT2D eigenvalue weighted by Crippen LogP contribution is 2.44. The third kappa shape index (κ3) is 3.58. The summed E-state index contributed by atoms with van der Waals surface area (Å²) < 4.78 is 5.56. The van der Waals surface area contributed by atoms with Crippen molar-refractivity contribution >= 4 is 6.09 Å². The molecule has 6 heteroatoms. The maximum atomic E-state index is 12.8. The fraction of sp³-hybridized carbons (Fsp3) is 0.409. The molecule has 2 bridgehead atoms. The van der Waals surface area contributed by atoms with Gasteiger partial charge in [0.25, 0.3) is 0 Å². The number of fused-ring (bicyclic) bond motifs is 2. The van der Waals surface area contributed by atoms with E-state index in [4.69, 9.17) is 10.00 Å². The molecule has 1 aromatic carbocycles. The second-order valence-corrected chi connectivity index (χ2v) is 7.65. The second kappa shape index (κ2) is 7.61. The van der Waals surface area contributed by atoms with Gasteiger partial charge in [-0.3, -0.25) is 0 Å². The maximum absolute atomic E-state index is 12.8. The Bertz CT molecular complexity index is 879. The Balaban J connectivity index is 1.50. The van der Waals surface area contributed by atoms with E-state index in [0.29, 0.717) is 24.2 Å². The lowest BCUT2D eigenvalue weighted by molar-refractivity contribution is -0.0918. The molecule has 144 valence electrons. The molecule has 0 spiro atoms. The van der Waals surface area contributed by atoms with E-state index in [-0.39, 0.29) is 24.8 Å². The van der Waals surface area contributed by atoms with Gasteiger partial charge in [-0.25, -0.2) is 9.78 Å². The van der Waals surface area contributed by atoms with E-state index in [9.17, 15) is 9.90 Å². The van der Waals surface area contributed by atoms with Crippen LogP contribution >= 0.6 is 0 Å². The highest BCUT2D eigenvalue weighted by Gasteiger charge is 2.49. The van der Waals surface area contributed by atoms with Gasteiger partial charge in [0.2, 0.25) is 0 Å². The van der Waals surface area contributed by atoms with Crippen molar-refractivity contribution in [1.29, 1.82) is 5.26 Å². The predicted octanol–water partition coefficient (Wildman–Crippen LogP) is 3.49. The van der Waals surface area contributed by atoms with E-state index in [0.717, 1.165) is 24.8 Å². The van der Waals surface area contributed by atoms with Gasteiger partial charge >= 0.3 is 6.09 Å². The molecule has 2 unspecified atom stereocenters. The van der Waals surface area contributed by atoms with E-state index in [1.54, 1.807) is 18.2 Å². The predicted molar refractivity (Wildman–Crippen MR) is 102 cm³/mol. The third-order valence-corrected chi connectivity index (χ3v) is 5.76. The van der Waals surface area contributed by atoms with Crippen LogP contribution in [-0.4, -0.2) is 33.2 Å². The summed E-state index contributed by atoms with van der Waals surface area (Å²) in [7, 11) is 0. The lowest BCUT2D eigenvalue weighted by atomic mass is 9.74. The average Bonchev–Trinajstić information content (AvgIpc) is 2.72. The number of hydrogen-bond acceptors (Lipinski definition) is 5. The fourth-order valence-electron chi connectivity index (χ4n) is 4.49. The second-order valence-electron chi connectivity index (χ2n) is 7.65. The number of pyridine rings is 1. The van der Waals surface area contributed by atoms with Crippen molar-refractivity contribution in [1.82, 2.24) is 9.88 Å². The summed E-state index contributed by atoms with van der Waals surface area (Å²) in [6.07, 6.45) is 3.19. The molecule has 2 aliphatic rings. The first-order valence-electron chi connectivity index (χ1n) is 9.68. The van der Waals surface area contributed by atoms with Gasteiger partial charge in [-0.1, -0.05) is 36.4 Å². The molecule has 1 N–H and O–H groups in total. The number of benzene rings is 1. The molecule has 4 rings (SSSR count). The van der Waals surface area contributed by atoms with E-state index in [1.807, 2.05) is 41.3 Å². The van der Waals surface area contributed by atoms with E-state index >= 15 is 0 Å². The van der Waals surface area contributed by atoms with E-state index in [1.165, 1.54) is 0 Å². The zero-order valence-electron chi connectivity index (χ0n) is 15.6. The molecule has 2 saturated heterocycles. The van der Waals surface area contributed by atoms with Crippen LogP contribution in [0.2, 0.25) is 0 Å². The number of nitriles is 1. The van der Waals surface area contributed by atoms with E-state index in [2.05, 4.69) is 4.98 Å². The Morgan fingerprint density at radius 1 is 1.18 bits per heavy atom. The summed E-state index contributed by atoms with van der Waals surface area (Å²) >= 11 is 0. The number of hydrogen-bond donors (Lipinski definition) is 1. The summed E-state index contributed by atoms with van der Waals surface area (Å²) in [4.78, 5) is 18.9. The molecule has 3 heterocycles. The number of piperidine rings is 2. The quantitative estimate of drug-likeness (QED) is 0.885. The zero-order chi connectivity index (χ0) is 19.6. The van der Waals surface area contributed by atoms with Crippen molar-refractivity contribution in [3.63, 3.8) is 0 Å². The molecule has 0 aliphatic carbocycles. The lowest BCUT2D eigenvalue weighted by Crippen LogP contribution is -2.59. The minimum atomic E-state index is -1.13. The summed E-state index contributed by atoms with van der Waals surface area (Å²) in [6, 6.07) is 16.6. The SMILES string of the molecule is N#Cc1cccc(C2(O)CC3CCCC(C2)N3C(=O)OCc2ccccc2)n1. The third-order valence-electron chi connectivity index (χ3n) is 5.76.